The van der Waals surface area contributed by atoms with Crippen LogP contribution in [0.5, 0.6) is 0 Å². The number of aryl methyl sites for hydroxylation is 1. The molecule has 6 heteroatoms. The number of benzene rings is 2. The molecule has 1 fully saturated rings. The Morgan fingerprint density at radius 2 is 1.70 bits per heavy atom. The Morgan fingerprint density at radius 1 is 1.00 bits per heavy atom. The predicted molar refractivity (Wildman–Crippen MR) is 119 cm³/mol. The first-order valence-corrected chi connectivity index (χ1v) is 10.5. The molecule has 152 valence electrons. The molecule has 2 aromatic carbocycles. The molecule has 0 radical (unpaired) electrons. The van der Waals surface area contributed by atoms with Crippen LogP contribution in [0.25, 0.3) is 11.2 Å². The van der Waals surface area contributed by atoms with Gasteiger partial charge in [0.25, 0.3) is 0 Å². The van der Waals surface area contributed by atoms with Crippen molar-refractivity contribution in [3.05, 3.63) is 82.4 Å². The van der Waals surface area contributed by atoms with E-state index in [9.17, 15) is 4.79 Å². The lowest BCUT2D eigenvalue weighted by atomic mass is 10.1. The van der Waals surface area contributed by atoms with E-state index in [1.807, 2.05) is 22.8 Å². The molecule has 0 spiro atoms. The van der Waals surface area contributed by atoms with E-state index in [0.717, 1.165) is 30.5 Å². The van der Waals surface area contributed by atoms with Crippen LogP contribution in [0.4, 0.5) is 11.6 Å². The maximum atomic E-state index is 12.8. The Labute approximate surface area is 175 Å². The molecule has 4 aromatic rings. The highest BCUT2D eigenvalue weighted by Crippen LogP contribution is 2.30. The monoisotopic (exact) mass is 399 g/mol. The molecule has 1 aliphatic carbocycles. The van der Waals surface area contributed by atoms with Gasteiger partial charge in [-0.3, -0.25) is 9.13 Å². The second-order valence-corrected chi connectivity index (χ2v) is 8.04. The molecule has 0 saturated heterocycles. The van der Waals surface area contributed by atoms with E-state index in [-0.39, 0.29) is 11.7 Å². The van der Waals surface area contributed by atoms with Gasteiger partial charge in [-0.2, -0.15) is 4.98 Å². The fourth-order valence-electron chi connectivity index (χ4n) is 4.35. The van der Waals surface area contributed by atoms with Gasteiger partial charge in [0.05, 0.1) is 6.20 Å². The third kappa shape index (κ3) is 3.49. The zero-order valence-corrected chi connectivity index (χ0v) is 17.1. The summed E-state index contributed by atoms with van der Waals surface area (Å²) >= 11 is 0. The van der Waals surface area contributed by atoms with E-state index in [2.05, 4.69) is 46.7 Å². The zero-order valence-electron chi connectivity index (χ0n) is 17.1. The smallest absolute Gasteiger partial charge is 0.324 e. The van der Waals surface area contributed by atoms with Gasteiger partial charge < -0.3 is 5.32 Å². The first-order valence-electron chi connectivity index (χ1n) is 10.5. The Hall–Kier alpha value is -3.41. The Bertz CT molecular complexity index is 1220. The quantitative estimate of drug-likeness (QED) is 0.533. The number of imidazole rings is 1. The molecule has 0 atom stereocenters. The molecular weight excluding hydrogens is 374 g/mol. The second-order valence-electron chi connectivity index (χ2n) is 8.04. The summed E-state index contributed by atoms with van der Waals surface area (Å²) in [6, 6.07) is 19.0. The van der Waals surface area contributed by atoms with Crippen molar-refractivity contribution in [2.45, 2.75) is 38.1 Å². The summed E-state index contributed by atoms with van der Waals surface area (Å²) in [4.78, 5) is 21.9. The molecule has 1 aliphatic rings. The van der Waals surface area contributed by atoms with Gasteiger partial charge in [0, 0.05) is 18.8 Å². The molecule has 0 amide bonds. The minimum Gasteiger partial charge on any atom is -0.324 e. The van der Waals surface area contributed by atoms with Crippen LogP contribution in [0.3, 0.4) is 0 Å². The number of hydrogen-bond acceptors (Lipinski definition) is 4. The van der Waals surface area contributed by atoms with Gasteiger partial charge in [-0.25, -0.2) is 9.78 Å². The van der Waals surface area contributed by atoms with Crippen molar-refractivity contribution in [1.29, 1.82) is 0 Å². The first-order chi connectivity index (χ1) is 14.7. The van der Waals surface area contributed by atoms with Crippen LogP contribution in [0.1, 0.15) is 42.9 Å². The Kier molecular flexibility index (Phi) is 4.83. The maximum Gasteiger partial charge on any atom is 0.330 e. The van der Waals surface area contributed by atoms with Crippen LogP contribution >= 0.6 is 0 Å². The summed E-state index contributed by atoms with van der Waals surface area (Å²) in [6.45, 7) is 0. The van der Waals surface area contributed by atoms with Gasteiger partial charge >= 0.3 is 5.69 Å². The number of anilines is 2. The number of hydrogen-bond donors (Lipinski definition) is 1. The number of nitrogens with zero attached hydrogens (tertiary/aromatic N) is 4. The molecule has 6 nitrogen and oxygen atoms in total. The molecule has 0 bridgehead atoms. The average Bonchev–Trinajstić information content (AvgIpc) is 3.37. The molecule has 0 unspecified atom stereocenters. The van der Waals surface area contributed by atoms with Crippen LogP contribution in [-0.4, -0.2) is 19.1 Å². The van der Waals surface area contributed by atoms with Gasteiger partial charge in [-0.1, -0.05) is 55.3 Å². The largest absolute Gasteiger partial charge is 0.330 e. The molecule has 1 N–H and O–H groups in total. The summed E-state index contributed by atoms with van der Waals surface area (Å²) in [5, 5.41) is 3.29. The van der Waals surface area contributed by atoms with Crippen molar-refractivity contribution in [1.82, 2.24) is 19.1 Å². The van der Waals surface area contributed by atoms with Crippen molar-refractivity contribution in [3.63, 3.8) is 0 Å². The third-order valence-electron chi connectivity index (χ3n) is 5.98. The van der Waals surface area contributed by atoms with E-state index in [4.69, 9.17) is 4.98 Å². The lowest BCUT2D eigenvalue weighted by molar-refractivity contribution is 0.506. The number of aromatic nitrogens is 4. The third-order valence-corrected chi connectivity index (χ3v) is 5.98. The van der Waals surface area contributed by atoms with Crippen LogP contribution < -0.4 is 11.0 Å². The minimum atomic E-state index is -0.00591. The lowest BCUT2D eigenvalue weighted by Crippen LogP contribution is -2.25. The minimum absolute atomic E-state index is 0.00591. The van der Waals surface area contributed by atoms with E-state index < -0.39 is 0 Å². The van der Waals surface area contributed by atoms with E-state index in [1.165, 1.54) is 24.0 Å². The fourth-order valence-corrected chi connectivity index (χ4v) is 4.35. The molecule has 1 saturated carbocycles. The summed E-state index contributed by atoms with van der Waals surface area (Å²) in [7, 11) is 1.79. The van der Waals surface area contributed by atoms with Crippen LogP contribution in [0, 0.1) is 0 Å². The van der Waals surface area contributed by atoms with Gasteiger partial charge in [-0.05, 0) is 42.5 Å². The zero-order chi connectivity index (χ0) is 20.5. The maximum absolute atomic E-state index is 12.8. The summed E-state index contributed by atoms with van der Waals surface area (Å²) in [5.41, 5.74) is 4.95. The highest BCUT2D eigenvalue weighted by molar-refractivity contribution is 5.73. The Balaban J connectivity index is 1.40. The van der Waals surface area contributed by atoms with E-state index in [1.54, 1.807) is 17.8 Å². The van der Waals surface area contributed by atoms with Gasteiger partial charge in [0.1, 0.15) is 5.52 Å². The molecule has 2 aromatic heterocycles. The van der Waals surface area contributed by atoms with Crippen molar-refractivity contribution >= 4 is 22.8 Å². The number of rotatable bonds is 5. The topological polar surface area (TPSA) is 64.7 Å². The summed E-state index contributed by atoms with van der Waals surface area (Å²) in [5.74, 6) is 0.510. The van der Waals surface area contributed by atoms with Crippen molar-refractivity contribution in [2.24, 2.45) is 7.05 Å². The van der Waals surface area contributed by atoms with Crippen LogP contribution in [0.2, 0.25) is 0 Å². The highest BCUT2D eigenvalue weighted by Gasteiger charge is 2.23. The standard InChI is InChI=1S/C24H25N5O/c1-28-21-16-25-23(27-22(21)29(24(28)30)20-9-5-6-10-20)26-19-13-11-18(12-14-19)15-17-7-3-2-4-8-17/h2-4,7-8,11-14,16,20H,5-6,9-10,15H2,1H3,(H,25,26,27). The summed E-state index contributed by atoms with van der Waals surface area (Å²) in [6.07, 6.45) is 7.05. The SMILES string of the molecule is Cn1c(=O)n(C2CCCC2)c2nc(Nc3ccc(Cc4ccccc4)cc3)ncc21. The van der Waals surface area contributed by atoms with E-state index in [0.29, 0.717) is 11.6 Å². The van der Waals surface area contributed by atoms with Gasteiger partial charge in [0.15, 0.2) is 5.65 Å². The van der Waals surface area contributed by atoms with Crippen molar-refractivity contribution in [3.8, 4) is 0 Å². The molecule has 0 aliphatic heterocycles. The second kappa shape index (κ2) is 7.78. The van der Waals surface area contributed by atoms with Crippen molar-refractivity contribution < 1.29 is 0 Å². The van der Waals surface area contributed by atoms with Crippen LogP contribution in [0.15, 0.2) is 65.6 Å². The lowest BCUT2D eigenvalue weighted by Gasteiger charge is -2.11. The molecular formula is C24H25N5O. The van der Waals surface area contributed by atoms with Crippen molar-refractivity contribution in [2.75, 3.05) is 5.32 Å². The molecule has 30 heavy (non-hydrogen) atoms. The normalized spacial score (nSPS) is 14.4. The number of nitrogens with one attached hydrogen (secondary N) is 1. The predicted octanol–water partition coefficient (Wildman–Crippen LogP) is 4.58. The first kappa shape index (κ1) is 18.6. The number of fused-ring (bicyclic) bond motifs is 1. The van der Waals surface area contributed by atoms with E-state index >= 15 is 0 Å². The molecule has 5 rings (SSSR count). The van der Waals surface area contributed by atoms with Gasteiger partial charge in [-0.15, -0.1) is 0 Å². The highest BCUT2D eigenvalue weighted by atomic mass is 16.1. The molecule has 2 heterocycles. The van der Waals surface area contributed by atoms with Gasteiger partial charge in [0.2, 0.25) is 5.95 Å². The summed E-state index contributed by atoms with van der Waals surface area (Å²) < 4.78 is 3.51. The van der Waals surface area contributed by atoms with Crippen LogP contribution in [-0.2, 0) is 13.5 Å². The Morgan fingerprint density at radius 3 is 2.43 bits per heavy atom. The fraction of sp³-hybridized carbons (Fsp3) is 0.292. The average molecular weight is 399 g/mol.